The van der Waals surface area contributed by atoms with E-state index in [-0.39, 0.29) is 11.6 Å². The van der Waals surface area contributed by atoms with Crippen molar-refractivity contribution in [3.8, 4) is 5.88 Å². The predicted molar refractivity (Wildman–Crippen MR) is 82.2 cm³/mol. The standard InChI is InChI=1S/C11H17N7O3S/c1-3-6(17-12)4-22-11-7(10(21-2)14-5-15-11)16-8(19)9(20)18-13/h5H,3-4,12-13H2,1-2H3,(H,16,19)(H,18,20)/b17-6+. The molecule has 120 valence electrons. The van der Waals surface area contributed by atoms with Gasteiger partial charge in [0.25, 0.3) is 0 Å². The molecular weight excluding hydrogens is 310 g/mol. The molecule has 22 heavy (non-hydrogen) atoms. The van der Waals surface area contributed by atoms with Gasteiger partial charge in [-0.3, -0.25) is 15.0 Å². The summed E-state index contributed by atoms with van der Waals surface area (Å²) in [6, 6.07) is 0. The average Bonchev–Trinajstić information content (AvgIpc) is 2.55. The molecule has 1 rings (SSSR count). The van der Waals surface area contributed by atoms with Crippen molar-refractivity contribution < 1.29 is 14.3 Å². The highest BCUT2D eigenvalue weighted by atomic mass is 32.2. The first-order valence-electron chi connectivity index (χ1n) is 6.16. The third-order valence-electron chi connectivity index (χ3n) is 2.51. The van der Waals surface area contributed by atoms with Crippen LogP contribution < -0.4 is 27.2 Å². The molecule has 0 atom stereocenters. The number of carbonyl (C=O) groups excluding carboxylic acids is 2. The van der Waals surface area contributed by atoms with Gasteiger partial charge in [0.05, 0.1) is 7.11 Å². The number of carbonyl (C=O) groups is 2. The minimum atomic E-state index is -1.00. The molecule has 0 fully saturated rings. The Morgan fingerprint density at radius 1 is 1.41 bits per heavy atom. The number of methoxy groups -OCH3 is 1. The van der Waals surface area contributed by atoms with Crippen LogP contribution in [-0.4, -0.2) is 40.4 Å². The van der Waals surface area contributed by atoms with Crippen LogP contribution in [0.25, 0.3) is 0 Å². The third kappa shape index (κ3) is 4.56. The molecule has 0 bridgehead atoms. The van der Waals surface area contributed by atoms with Crippen molar-refractivity contribution in [3.05, 3.63) is 6.33 Å². The first-order valence-corrected chi connectivity index (χ1v) is 7.15. The lowest BCUT2D eigenvalue weighted by Gasteiger charge is -2.12. The van der Waals surface area contributed by atoms with E-state index in [0.29, 0.717) is 17.2 Å². The predicted octanol–water partition coefficient (Wildman–Crippen LogP) is -0.770. The molecule has 0 aliphatic carbocycles. The molecule has 11 heteroatoms. The smallest absolute Gasteiger partial charge is 0.323 e. The van der Waals surface area contributed by atoms with Crippen molar-refractivity contribution in [1.29, 1.82) is 0 Å². The van der Waals surface area contributed by atoms with E-state index in [1.54, 1.807) is 5.43 Å². The lowest BCUT2D eigenvalue weighted by molar-refractivity contribution is -0.136. The molecule has 0 saturated heterocycles. The number of aromatic nitrogens is 2. The molecule has 1 aromatic heterocycles. The quantitative estimate of drug-likeness (QED) is 0.101. The maximum absolute atomic E-state index is 11.6. The van der Waals surface area contributed by atoms with Crippen molar-refractivity contribution in [3.63, 3.8) is 0 Å². The number of nitrogens with zero attached hydrogens (tertiary/aromatic N) is 3. The number of nitrogens with one attached hydrogen (secondary N) is 2. The van der Waals surface area contributed by atoms with Gasteiger partial charge < -0.3 is 15.9 Å². The van der Waals surface area contributed by atoms with Gasteiger partial charge in [-0.05, 0) is 6.42 Å². The number of amides is 2. The van der Waals surface area contributed by atoms with Crippen molar-refractivity contribution in [1.82, 2.24) is 15.4 Å². The SMILES string of the molecule is CC/C(CSc1ncnc(OC)c1NC(=O)C(=O)NN)=N\N. The molecule has 0 aliphatic heterocycles. The van der Waals surface area contributed by atoms with Crippen LogP contribution in [0.2, 0.25) is 0 Å². The number of hydrogen-bond acceptors (Lipinski definition) is 9. The maximum Gasteiger partial charge on any atom is 0.323 e. The number of hydrogen-bond donors (Lipinski definition) is 4. The Kier molecular flexibility index (Phi) is 7.05. The molecule has 0 radical (unpaired) electrons. The summed E-state index contributed by atoms with van der Waals surface area (Å²) in [5.74, 6) is 8.81. The minimum Gasteiger partial charge on any atom is -0.479 e. The topological polar surface area (TPSA) is 158 Å². The molecule has 0 aliphatic rings. The number of rotatable bonds is 6. The Labute approximate surface area is 131 Å². The zero-order valence-corrected chi connectivity index (χ0v) is 12.9. The van der Waals surface area contributed by atoms with Crippen LogP contribution in [0.3, 0.4) is 0 Å². The molecule has 1 aromatic rings. The van der Waals surface area contributed by atoms with Gasteiger partial charge in [-0.1, -0.05) is 18.7 Å². The highest BCUT2D eigenvalue weighted by molar-refractivity contribution is 8.00. The van der Waals surface area contributed by atoms with Crippen molar-refractivity contribution in [2.24, 2.45) is 16.8 Å². The molecular formula is C11H17N7O3S. The normalized spacial score (nSPS) is 11.0. The number of anilines is 1. The first kappa shape index (κ1) is 17.7. The Balaban J connectivity index is 3.02. The lowest BCUT2D eigenvalue weighted by atomic mass is 10.3. The lowest BCUT2D eigenvalue weighted by Crippen LogP contribution is -2.39. The fraction of sp³-hybridized carbons (Fsp3) is 0.364. The fourth-order valence-electron chi connectivity index (χ4n) is 1.34. The van der Waals surface area contributed by atoms with E-state index < -0.39 is 11.8 Å². The summed E-state index contributed by atoms with van der Waals surface area (Å²) in [5.41, 5.74) is 2.68. The summed E-state index contributed by atoms with van der Waals surface area (Å²) in [7, 11) is 1.38. The van der Waals surface area contributed by atoms with Crippen molar-refractivity contribution >= 4 is 35.0 Å². The van der Waals surface area contributed by atoms with Crippen LogP contribution >= 0.6 is 11.8 Å². The number of hydrazine groups is 1. The van der Waals surface area contributed by atoms with Gasteiger partial charge in [0.2, 0.25) is 5.88 Å². The van der Waals surface area contributed by atoms with Crippen molar-refractivity contribution in [2.45, 2.75) is 18.4 Å². The van der Waals surface area contributed by atoms with Gasteiger partial charge in [-0.2, -0.15) is 10.1 Å². The van der Waals surface area contributed by atoms with E-state index in [0.717, 1.165) is 5.71 Å². The van der Waals surface area contributed by atoms with E-state index in [1.165, 1.54) is 25.2 Å². The largest absolute Gasteiger partial charge is 0.479 e. The third-order valence-corrected chi connectivity index (χ3v) is 3.57. The van der Waals surface area contributed by atoms with Crippen molar-refractivity contribution in [2.75, 3.05) is 18.2 Å². The van der Waals surface area contributed by atoms with Gasteiger partial charge in [0.15, 0.2) is 0 Å². The van der Waals surface area contributed by atoms with E-state index in [2.05, 4.69) is 20.4 Å². The minimum absolute atomic E-state index is 0.124. The van der Waals surface area contributed by atoms with Gasteiger partial charge >= 0.3 is 11.8 Å². The average molecular weight is 327 g/mol. The van der Waals surface area contributed by atoms with E-state index >= 15 is 0 Å². The van der Waals surface area contributed by atoms with Gasteiger partial charge in [0, 0.05) is 11.5 Å². The Morgan fingerprint density at radius 3 is 2.68 bits per heavy atom. The highest BCUT2D eigenvalue weighted by Crippen LogP contribution is 2.31. The van der Waals surface area contributed by atoms with Crippen LogP contribution in [0.4, 0.5) is 5.69 Å². The fourth-order valence-corrected chi connectivity index (χ4v) is 2.33. The molecule has 6 N–H and O–H groups in total. The monoisotopic (exact) mass is 327 g/mol. The summed E-state index contributed by atoms with van der Waals surface area (Å²) in [5, 5.41) is 6.43. The molecule has 10 nitrogen and oxygen atoms in total. The van der Waals surface area contributed by atoms with E-state index in [4.69, 9.17) is 16.4 Å². The van der Waals surface area contributed by atoms with E-state index in [1.807, 2.05) is 6.92 Å². The number of nitrogens with two attached hydrogens (primary N) is 2. The molecule has 0 unspecified atom stereocenters. The van der Waals surface area contributed by atoms with Crippen LogP contribution in [0, 0.1) is 0 Å². The molecule has 1 heterocycles. The summed E-state index contributed by atoms with van der Waals surface area (Å²) in [6.07, 6.45) is 1.97. The zero-order valence-electron chi connectivity index (χ0n) is 12.1. The van der Waals surface area contributed by atoms with Gasteiger partial charge in [-0.25, -0.2) is 10.8 Å². The molecule has 0 aromatic carbocycles. The second kappa shape index (κ2) is 8.79. The highest BCUT2D eigenvalue weighted by Gasteiger charge is 2.19. The maximum atomic E-state index is 11.6. The Bertz CT molecular complexity index is 579. The summed E-state index contributed by atoms with van der Waals surface area (Å²) < 4.78 is 5.06. The molecule has 0 saturated carbocycles. The van der Waals surface area contributed by atoms with E-state index in [9.17, 15) is 9.59 Å². The first-order chi connectivity index (χ1) is 10.6. The summed E-state index contributed by atoms with van der Waals surface area (Å²) in [4.78, 5) is 30.8. The zero-order chi connectivity index (χ0) is 16.5. The van der Waals surface area contributed by atoms with Crippen LogP contribution in [-0.2, 0) is 9.59 Å². The van der Waals surface area contributed by atoms with Crippen LogP contribution in [0.15, 0.2) is 16.5 Å². The summed E-state index contributed by atoms with van der Waals surface area (Å²) in [6.45, 7) is 1.92. The van der Waals surface area contributed by atoms with Gasteiger partial charge in [0.1, 0.15) is 17.0 Å². The summed E-state index contributed by atoms with van der Waals surface area (Å²) >= 11 is 1.28. The van der Waals surface area contributed by atoms with Gasteiger partial charge in [-0.15, -0.1) is 0 Å². The Morgan fingerprint density at radius 2 is 2.14 bits per heavy atom. The second-order valence-corrected chi connectivity index (χ2v) is 4.79. The second-order valence-electron chi connectivity index (χ2n) is 3.83. The molecule has 2 amide bonds. The number of hydrazone groups is 1. The van der Waals surface area contributed by atoms with Crippen LogP contribution in [0.1, 0.15) is 13.3 Å². The van der Waals surface area contributed by atoms with Crippen LogP contribution in [0.5, 0.6) is 5.88 Å². The Hall–Kier alpha value is -2.40. The molecule has 0 spiro atoms. The number of ether oxygens (including phenoxy) is 1. The number of thioether (sulfide) groups is 1.